The minimum atomic E-state index is -1.13. The van der Waals surface area contributed by atoms with Crippen LogP contribution in [0.2, 0.25) is 0 Å². The summed E-state index contributed by atoms with van der Waals surface area (Å²) >= 11 is 0. The summed E-state index contributed by atoms with van der Waals surface area (Å²) in [5, 5.41) is 11.2. The molecule has 1 amide bonds. The van der Waals surface area contributed by atoms with Gasteiger partial charge in [0.2, 0.25) is 5.91 Å². The molecule has 0 saturated heterocycles. The highest BCUT2D eigenvalue weighted by atomic mass is 16.5. The highest BCUT2D eigenvalue weighted by Gasteiger charge is 2.19. The zero-order valence-electron chi connectivity index (χ0n) is 9.77. The van der Waals surface area contributed by atoms with Gasteiger partial charge in [-0.25, -0.2) is 0 Å². The minimum absolute atomic E-state index is 0.306. The van der Waals surface area contributed by atoms with E-state index in [4.69, 9.17) is 9.84 Å². The van der Waals surface area contributed by atoms with E-state index >= 15 is 0 Å². The van der Waals surface area contributed by atoms with E-state index in [1.807, 2.05) is 12.1 Å². The van der Waals surface area contributed by atoms with Gasteiger partial charge in [-0.1, -0.05) is 12.1 Å². The summed E-state index contributed by atoms with van der Waals surface area (Å²) in [6.45, 7) is 1.66. The fourth-order valence-electron chi connectivity index (χ4n) is 1.20. The fraction of sp³-hybridized carbons (Fsp3) is 0.333. The standard InChI is InChI=1S/C12H15NO4/c1-8(12(15)16)11(14)13-7-9-3-5-10(17-2)6-4-9/h3-6,8H,7H2,1-2H3,(H,13,14)(H,15,16). The monoisotopic (exact) mass is 237 g/mol. The maximum atomic E-state index is 11.4. The Morgan fingerprint density at radius 1 is 1.35 bits per heavy atom. The maximum absolute atomic E-state index is 11.4. The molecule has 1 unspecified atom stereocenters. The zero-order chi connectivity index (χ0) is 12.8. The zero-order valence-corrected chi connectivity index (χ0v) is 9.77. The van der Waals surface area contributed by atoms with Crippen LogP contribution in [0.1, 0.15) is 12.5 Å². The summed E-state index contributed by atoms with van der Waals surface area (Å²) in [5.74, 6) is -1.92. The Balaban J connectivity index is 2.50. The number of carbonyl (C=O) groups excluding carboxylic acids is 1. The fourth-order valence-corrected chi connectivity index (χ4v) is 1.20. The van der Waals surface area contributed by atoms with Crippen LogP contribution < -0.4 is 10.1 Å². The highest BCUT2D eigenvalue weighted by molar-refractivity contribution is 5.96. The van der Waals surface area contributed by atoms with E-state index in [1.54, 1.807) is 19.2 Å². The van der Waals surface area contributed by atoms with Crippen LogP contribution in [0.25, 0.3) is 0 Å². The molecule has 0 radical (unpaired) electrons. The summed E-state index contributed by atoms with van der Waals surface area (Å²) in [6, 6.07) is 7.18. The highest BCUT2D eigenvalue weighted by Crippen LogP contribution is 2.11. The number of hydrogen-bond acceptors (Lipinski definition) is 3. The first-order valence-corrected chi connectivity index (χ1v) is 5.18. The van der Waals surface area contributed by atoms with E-state index in [-0.39, 0.29) is 0 Å². The first-order valence-electron chi connectivity index (χ1n) is 5.18. The smallest absolute Gasteiger partial charge is 0.315 e. The Bertz CT molecular complexity index is 399. The normalized spacial score (nSPS) is 11.6. The third-order valence-electron chi connectivity index (χ3n) is 2.39. The molecular formula is C12H15NO4. The molecule has 1 atom stereocenters. The molecule has 5 nitrogen and oxygen atoms in total. The molecule has 1 aromatic carbocycles. The number of carbonyl (C=O) groups is 2. The van der Waals surface area contributed by atoms with E-state index in [0.717, 1.165) is 11.3 Å². The van der Waals surface area contributed by atoms with Crippen molar-refractivity contribution in [3.05, 3.63) is 29.8 Å². The molecule has 0 heterocycles. The Morgan fingerprint density at radius 3 is 2.41 bits per heavy atom. The SMILES string of the molecule is COc1ccc(CNC(=O)C(C)C(=O)O)cc1. The molecule has 0 aromatic heterocycles. The number of carboxylic acid groups (broad SMARTS) is 1. The molecule has 92 valence electrons. The second kappa shape index (κ2) is 5.89. The number of hydrogen-bond donors (Lipinski definition) is 2. The second-order valence-electron chi connectivity index (χ2n) is 3.63. The van der Waals surface area contributed by atoms with Crippen molar-refractivity contribution in [1.29, 1.82) is 0 Å². The molecule has 0 aliphatic heterocycles. The van der Waals surface area contributed by atoms with E-state index in [2.05, 4.69) is 5.32 Å². The molecule has 1 aromatic rings. The molecule has 2 N–H and O–H groups in total. The van der Waals surface area contributed by atoms with Crippen molar-refractivity contribution >= 4 is 11.9 Å². The van der Waals surface area contributed by atoms with Gasteiger partial charge < -0.3 is 15.2 Å². The van der Waals surface area contributed by atoms with E-state index in [0.29, 0.717) is 6.54 Å². The topological polar surface area (TPSA) is 75.6 Å². The summed E-state index contributed by atoms with van der Waals surface area (Å²) in [6.07, 6.45) is 0. The van der Waals surface area contributed by atoms with Gasteiger partial charge >= 0.3 is 5.97 Å². The third-order valence-corrected chi connectivity index (χ3v) is 2.39. The molecule has 0 fully saturated rings. The predicted molar refractivity (Wildman–Crippen MR) is 61.6 cm³/mol. The van der Waals surface area contributed by atoms with Gasteiger partial charge in [0.05, 0.1) is 7.11 Å². The number of aliphatic carboxylic acids is 1. The first-order chi connectivity index (χ1) is 8.04. The Hall–Kier alpha value is -2.04. The van der Waals surface area contributed by atoms with Crippen LogP contribution in [0.4, 0.5) is 0 Å². The molecule has 0 aliphatic carbocycles. The molecule has 1 rings (SSSR count). The summed E-state index contributed by atoms with van der Waals surface area (Å²) < 4.78 is 5.00. The molecular weight excluding hydrogens is 222 g/mol. The van der Waals surface area contributed by atoms with Crippen molar-refractivity contribution in [3.63, 3.8) is 0 Å². The van der Waals surface area contributed by atoms with Gasteiger partial charge in [0.1, 0.15) is 11.7 Å². The van der Waals surface area contributed by atoms with Crippen molar-refractivity contribution in [2.24, 2.45) is 5.92 Å². The van der Waals surface area contributed by atoms with Crippen LogP contribution in [0.5, 0.6) is 5.75 Å². The summed E-state index contributed by atoms with van der Waals surface area (Å²) in [5.41, 5.74) is 0.886. The minimum Gasteiger partial charge on any atom is -0.497 e. The van der Waals surface area contributed by atoms with Gasteiger partial charge in [0, 0.05) is 6.54 Å². The average Bonchev–Trinajstić information content (AvgIpc) is 2.35. The predicted octanol–water partition coefficient (Wildman–Crippen LogP) is 1.03. The number of carboxylic acids is 1. The van der Waals surface area contributed by atoms with Crippen molar-refractivity contribution in [2.45, 2.75) is 13.5 Å². The molecule has 0 aliphatic rings. The number of methoxy groups -OCH3 is 1. The molecule has 0 spiro atoms. The van der Waals surface area contributed by atoms with Crippen molar-refractivity contribution in [3.8, 4) is 5.75 Å². The third kappa shape index (κ3) is 3.79. The van der Waals surface area contributed by atoms with Crippen LogP contribution in [0, 0.1) is 5.92 Å². The number of rotatable bonds is 5. The van der Waals surface area contributed by atoms with E-state index < -0.39 is 17.8 Å². The van der Waals surface area contributed by atoms with Gasteiger partial charge in [-0.2, -0.15) is 0 Å². The number of ether oxygens (including phenoxy) is 1. The van der Waals surface area contributed by atoms with Crippen LogP contribution in [-0.4, -0.2) is 24.1 Å². The Kier molecular flexibility index (Phi) is 4.51. The van der Waals surface area contributed by atoms with Crippen LogP contribution in [0.15, 0.2) is 24.3 Å². The summed E-state index contributed by atoms with van der Waals surface area (Å²) in [4.78, 5) is 21.9. The molecule has 17 heavy (non-hydrogen) atoms. The van der Waals surface area contributed by atoms with Gasteiger partial charge in [0.15, 0.2) is 0 Å². The lowest BCUT2D eigenvalue weighted by Crippen LogP contribution is -2.33. The van der Waals surface area contributed by atoms with Crippen molar-refractivity contribution in [1.82, 2.24) is 5.32 Å². The number of nitrogens with one attached hydrogen (secondary N) is 1. The maximum Gasteiger partial charge on any atom is 0.315 e. The van der Waals surface area contributed by atoms with Crippen molar-refractivity contribution in [2.75, 3.05) is 7.11 Å². The number of amides is 1. The lowest BCUT2D eigenvalue weighted by atomic mass is 10.1. The van der Waals surface area contributed by atoms with Crippen LogP contribution in [-0.2, 0) is 16.1 Å². The van der Waals surface area contributed by atoms with Gasteiger partial charge in [0.25, 0.3) is 0 Å². The molecule has 5 heteroatoms. The Morgan fingerprint density at radius 2 is 1.94 bits per heavy atom. The van der Waals surface area contributed by atoms with Crippen LogP contribution >= 0.6 is 0 Å². The van der Waals surface area contributed by atoms with Gasteiger partial charge in [-0.3, -0.25) is 9.59 Å². The molecule has 0 saturated carbocycles. The average molecular weight is 237 g/mol. The number of benzene rings is 1. The van der Waals surface area contributed by atoms with Gasteiger partial charge in [-0.05, 0) is 24.6 Å². The second-order valence-corrected chi connectivity index (χ2v) is 3.63. The lowest BCUT2D eigenvalue weighted by molar-refractivity contribution is -0.146. The summed E-state index contributed by atoms with van der Waals surface area (Å²) in [7, 11) is 1.57. The van der Waals surface area contributed by atoms with Gasteiger partial charge in [-0.15, -0.1) is 0 Å². The quantitative estimate of drug-likeness (QED) is 0.750. The lowest BCUT2D eigenvalue weighted by Gasteiger charge is -2.08. The first kappa shape index (κ1) is 13.0. The van der Waals surface area contributed by atoms with E-state index in [1.165, 1.54) is 6.92 Å². The largest absolute Gasteiger partial charge is 0.497 e. The van der Waals surface area contributed by atoms with Crippen LogP contribution in [0.3, 0.4) is 0 Å². The Labute approximate surface area is 99.4 Å². The molecule has 0 bridgehead atoms. The van der Waals surface area contributed by atoms with E-state index in [9.17, 15) is 9.59 Å². The van der Waals surface area contributed by atoms with Crippen molar-refractivity contribution < 1.29 is 19.4 Å².